The van der Waals surface area contributed by atoms with Crippen molar-refractivity contribution in [3.8, 4) is 5.75 Å². The molecule has 5 N–H and O–H groups in total. The first-order chi connectivity index (χ1) is 25.8. The van der Waals surface area contributed by atoms with Gasteiger partial charge >= 0.3 is 0 Å². The van der Waals surface area contributed by atoms with Crippen LogP contribution in [0, 0.1) is 0 Å². The lowest BCUT2D eigenvalue weighted by Crippen LogP contribution is -2.19. The zero-order valence-electron chi connectivity index (χ0n) is 27.5. The van der Waals surface area contributed by atoms with Gasteiger partial charge in [-0.1, -0.05) is 36.4 Å². The molecule has 6 aromatic rings. The van der Waals surface area contributed by atoms with Gasteiger partial charge in [-0.15, -0.1) is 10.2 Å². The maximum absolute atomic E-state index is 12.6. The molecule has 0 spiro atoms. The molecule has 0 radical (unpaired) electrons. The molecule has 1 atom stereocenters. The number of phenolic OH excluding ortho intramolecular Hbond substituents is 1. The van der Waals surface area contributed by atoms with Crippen molar-refractivity contribution in [3.05, 3.63) is 84.1 Å². The molecule has 0 saturated heterocycles. The molecule has 286 valence electrons. The number of fused-ring (bicyclic) bond motifs is 2. The molecule has 1 heterocycles. The molecule has 0 bridgehead atoms. The van der Waals surface area contributed by atoms with E-state index in [9.17, 15) is 52.8 Å². The number of aromatic hydroxyl groups is 1. The highest BCUT2D eigenvalue weighted by Crippen LogP contribution is 2.46. The van der Waals surface area contributed by atoms with Crippen molar-refractivity contribution in [1.82, 2.24) is 15.0 Å². The third-order valence-electron chi connectivity index (χ3n) is 7.81. The Morgan fingerprint density at radius 1 is 0.836 bits per heavy atom. The molecular weight excluding hydrogens is 826 g/mol. The summed E-state index contributed by atoms with van der Waals surface area (Å²) in [4.78, 5) is 11.0. The van der Waals surface area contributed by atoms with Crippen LogP contribution in [0.1, 0.15) is 6.92 Å². The van der Waals surface area contributed by atoms with E-state index in [1.54, 1.807) is 42.2 Å². The number of anilines is 4. The molecule has 6 rings (SSSR count). The number of rotatable bonds is 11. The fourth-order valence-corrected chi connectivity index (χ4v) is 8.34. The highest BCUT2D eigenvalue weighted by atomic mass is 35.5. The summed E-state index contributed by atoms with van der Waals surface area (Å²) in [6.07, 6.45) is 0. The zero-order valence-corrected chi connectivity index (χ0v) is 31.5. The Hall–Kier alpha value is -5.24. The summed E-state index contributed by atoms with van der Waals surface area (Å²) in [6, 6.07) is 16.6. The van der Waals surface area contributed by atoms with Crippen LogP contribution in [-0.4, -0.2) is 74.3 Å². The Bertz CT molecular complexity index is 2940. The highest BCUT2D eigenvalue weighted by Gasteiger charge is 2.25. The number of azo groups is 1. The molecule has 55 heavy (non-hydrogen) atoms. The van der Waals surface area contributed by atoms with E-state index in [-0.39, 0.29) is 39.0 Å². The van der Waals surface area contributed by atoms with Gasteiger partial charge < -0.3 is 19.9 Å². The smallest absolute Gasteiger partial charge is 0.297 e. The first kappa shape index (κ1) is 39.5. The lowest BCUT2D eigenvalue weighted by atomic mass is 10.1. The van der Waals surface area contributed by atoms with Gasteiger partial charge in [-0.3, -0.25) is 17.9 Å². The predicted octanol–water partition coefficient (Wildman–Crippen LogP) is 5.83. The summed E-state index contributed by atoms with van der Waals surface area (Å²) >= 11 is 3.00. The molecule has 1 unspecified atom stereocenters. The van der Waals surface area contributed by atoms with E-state index in [4.69, 9.17) is 11.6 Å². The Labute approximate surface area is 318 Å². The minimum atomic E-state index is -5.23. The van der Waals surface area contributed by atoms with Gasteiger partial charge in [0.15, 0.2) is 5.75 Å². The zero-order chi connectivity index (χ0) is 40.0. The number of hydrogen-bond donors (Lipinski definition) is 5. The molecule has 5 aromatic carbocycles. The molecule has 0 fully saturated rings. The fourth-order valence-electron chi connectivity index (χ4n) is 5.58. The topological polar surface area (TPSA) is 302 Å². The summed E-state index contributed by atoms with van der Waals surface area (Å²) in [6.45, 7) is 2.16. The van der Waals surface area contributed by atoms with E-state index in [0.29, 0.717) is 12.2 Å². The van der Waals surface area contributed by atoms with Gasteiger partial charge in [-0.05, 0) is 77.5 Å². The van der Waals surface area contributed by atoms with Gasteiger partial charge in [0.05, 0.1) is 15.5 Å². The Balaban J connectivity index is 1.57. The average Bonchev–Trinajstić information content (AvgIpc) is 3.09. The van der Waals surface area contributed by atoms with E-state index in [0.717, 1.165) is 48.5 Å². The Morgan fingerprint density at radius 2 is 1.55 bits per heavy atom. The molecule has 0 aliphatic rings. The SMILES string of the molecule is CCN(c1ccccc1)c1nc(Cl)nc(Nc2cc(S(=O)(=O)O)cc3cc(S(=O)[O-])c(N=Nc4ccc5c(S(=O)(=O)O)cccc5c4S(=O)(=O)O)c(O)c23)n1. The molecule has 0 saturated carbocycles. The number of halogens is 1. The first-order valence-corrected chi connectivity index (χ1v) is 20.9. The van der Waals surface area contributed by atoms with Crippen molar-refractivity contribution in [2.45, 2.75) is 26.5 Å². The monoisotopic (exact) mass is 848 g/mol. The first-order valence-electron chi connectivity index (χ1n) is 15.1. The second kappa shape index (κ2) is 14.8. The van der Waals surface area contributed by atoms with Crippen molar-refractivity contribution in [2.24, 2.45) is 10.2 Å². The molecule has 0 amide bonds. The third kappa shape index (κ3) is 8.10. The quantitative estimate of drug-likeness (QED) is 0.0581. The third-order valence-corrected chi connectivity index (χ3v) is 11.3. The molecule has 1 aromatic heterocycles. The number of phenols is 1. The second-order valence-electron chi connectivity index (χ2n) is 11.2. The van der Waals surface area contributed by atoms with Gasteiger partial charge in [-0.25, -0.2) is 0 Å². The van der Waals surface area contributed by atoms with Crippen LogP contribution in [0.2, 0.25) is 5.28 Å². The number of para-hydroxylation sites is 1. The minimum Gasteiger partial charge on any atom is -0.768 e. The average molecular weight is 849 g/mol. The maximum Gasteiger partial charge on any atom is 0.297 e. The van der Waals surface area contributed by atoms with Crippen molar-refractivity contribution in [3.63, 3.8) is 0 Å². The molecular formula is C31H23ClN7O12S4-. The van der Waals surface area contributed by atoms with Crippen molar-refractivity contribution in [2.75, 3.05) is 16.8 Å². The number of benzene rings is 5. The van der Waals surface area contributed by atoms with Gasteiger partial charge in [0, 0.05) is 28.4 Å². The van der Waals surface area contributed by atoms with Crippen LogP contribution in [0.4, 0.5) is 34.6 Å². The largest absolute Gasteiger partial charge is 0.768 e. The van der Waals surface area contributed by atoms with E-state index in [1.807, 2.05) is 0 Å². The normalized spacial score (nSPS) is 13.1. The molecule has 19 nitrogen and oxygen atoms in total. The summed E-state index contributed by atoms with van der Waals surface area (Å²) in [5.41, 5.74) is -1.13. The standard InChI is InChI=1S/C31H24ClN7O12S4/c1-2-39(17-7-4-3-5-8-17)31-35-29(32)34-30(36-31)33-22-15-18(53(43,44)45)13-16-14-23(52(41)42)26(27(40)25(16)22)38-37-21-12-11-19-20(28(21)55(49,50)51)9-6-10-24(19)54(46,47)48/h3-15,40H,2H2,1H3,(H,41,42)(H,43,44,45)(H,46,47,48)(H,49,50,51)(H,33,34,35,36)/p-1. The number of hydrogen-bond acceptors (Lipinski definition) is 16. The van der Waals surface area contributed by atoms with Crippen molar-refractivity contribution in [1.29, 1.82) is 0 Å². The minimum absolute atomic E-state index is 0.0444. The lowest BCUT2D eigenvalue weighted by Gasteiger charge is -2.21. The number of nitrogens with zero attached hydrogens (tertiary/aromatic N) is 6. The molecule has 0 aliphatic carbocycles. The van der Waals surface area contributed by atoms with Gasteiger partial charge in [0.25, 0.3) is 30.4 Å². The Kier molecular flexibility index (Phi) is 10.6. The number of aromatic nitrogens is 3. The van der Waals surface area contributed by atoms with Crippen molar-refractivity contribution < 1.29 is 52.8 Å². The summed E-state index contributed by atoms with van der Waals surface area (Å²) < 4.78 is 128. The number of nitrogens with one attached hydrogen (secondary N) is 1. The second-order valence-corrected chi connectivity index (χ2v) is 16.6. The van der Waals surface area contributed by atoms with Crippen molar-refractivity contribution >= 4 is 109 Å². The molecule has 24 heteroatoms. The highest BCUT2D eigenvalue weighted by molar-refractivity contribution is 7.86. The van der Waals surface area contributed by atoms with E-state index < -0.39 is 83.5 Å². The summed E-state index contributed by atoms with van der Waals surface area (Å²) in [5, 5.41) is 20.2. The molecule has 0 aliphatic heterocycles. The van der Waals surface area contributed by atoms with Crippen LogP contribution in [0.25, 0.3) is 21.5 Å². The fraction of sp³-hybridized carbons (Fsp3) is 0.0645. The van der Waals surface area contributed by atoms with E-state index in [1.165, 1.54) is 0 Å². The summed E-state index contributed by atoms with van der Waals surface area (Å²) in [5.74, 6) is -1.22. The van der Waals surface area contributed by atoms with Crippen LogP contribution >= 0.6 is 11.6 Å². The van der Waals surface area contributed by atoms with Gasteiger partial charge in [-0.2, -0.15) is 40.2 Å². The van der Waals surface area contributed by atoms with Crippen LogP contribution in [-0.2, 0) is 41.4 Å². The Morgan fingerprint density at radius 3 is 2.16 bits per heavy atom. The van der Waals surface area contributed by atoms with Gasteiger partial charge in [0.2, 0.25) is 17.2 Å². The van der Waals surface area contributed by atoms with Crippen LogP contribution in [0.5, 0.6) is 5.75 Å². The van der Waals surface area contributed by atoms with Crippen LogP contribution in [0.15, 0.2) is 109 Å². The lowest BCUT2D eigenvalue weighted by molar-refractivity contribution is 0.479. The van der Waals surface area contributed by atoms with Crippen LogP contribution < -0.4 is 10.2 Å². The summed E-state index contributed by atoms with van der Waals surface area (Å²) in [7, 11) is -15.1. The van der Waals surface area contributed by atoms with E-state index >= 15 is 0 Å². The maximum atomic E-state index is 12.6. The van der Waals surface area contributed by atoms with E-state index in [2.05, 4.69) is 30.5 Å². The predicted molar refractivity (Wildman–Crippen MR) is 198 cm³/mol. The van der Waals surface area contributed by atoms with Crippen LogP contribution in [0.3, 0.4) is 0 Å². The van der Waals surface area contributed by atoms with Gasteiger partial charge in [0.1, 0.15) is 21.2 Å².